The largest absolute Gasteiger partial charge is 0.350 e. The number of fused-ring (bicyclic) bond motifs is 1. The maximum absolute atomic E-state index is 12.6. The Morgan fingerprint density at radius 3 is 2.62 bits per heavy atom. The molecule has 1 amide bonds. The van der Waals surface area contributed by atoms with Gasteiger partial charge >= 0.3 is 0 Å². The Kier molecular flexibility index (Phi) is 5.51. The lowest BCUT2D eigenvalue weighted by atomic mass is 10.1. The number of carbonyl (C=O) groups excluding carboxylic acids is 1. The molecule has 4 aromatic rings. The molecule has 1 N–H and O–H groups in total. The van der Waals surface area contributed by atoms with Crippen molar-refractivity contribution in [1.29, 1.82) is 0 Å². The summed E-state index contributed by atoms with van der Waals surface area (Å²) in [5, 5.41) is 8.68. The summed E-state index contributed by atoms with van der Waals surface area (Å²) in [7, 11) is 0. The minimum atomic E-state index is -0.233. The summed E-state index contributed by atoms with van der Waals surface area (Å²) in [4.78, 5) is 17.1. The molecule has 0 bridgehead atoms. The molecule has 0 saturated heterocycles. The molecule has 0 aliphatic heterocycles. The third-order valence-corrected chi connectivity index (χ3v) is 5.19. The lowest BCUT2D eigenvalue weighted by molar-refractivity contribution is 0.0949. The summed E-state index contributed by atoms with van der Waals surface area (Å²) < 4.78 is 1.74. The summed E-state index contributed by atoms with van der Waals surface area (Å²) in [6.07, 6.45) is 0.605. The van der Waals surface area contributed by atoms with Crippen LogP contribution in [0.1, 0.15) is 21.7 Å². The average molecular weight is 425 g/mol. The number of carbonyl (C=O) groups is 1. The molecule has 0 unspecified atom stereocenters. The minimum absolute atomic E-state index is 0.233. The number of benzene rings is 2. The van der Waals surface area contributed by atoms with E-state index in [9.17, 15) is 4.79 Å². The van der Waals surface area contributed by atoms with Crippen molar-refractivity contribution in [2.75, 3.05) is 6.54 Å². The molecule has 146 valence electrons. The Morgan fingerprint density at radius 2 is 1.86 bits per heavy atom. The molecule has 0 aliphatic carbocycles. The van der Waals surface area contributed by atoms with Crippen LogP contribution < -0.4 is 5.32 Å². The fourth-order valence-corrected chi connectivity index (χ4v) is 3.62. The topological polar surface area (TPSA) is 59.3 Å². The van der Waals surface area contributed by atoms with Crippen LogP contribution in [0.3, 0.4) is 0 Å². The van der Waals surface area contributed by atoms with Crippen molar-refractivity contribution in [2.24, 2.45) is 0 Å². The SMILES string of the molecule is Cc1cc(C(=O)NCCc2ccc(Cl)cc2Cl)nc2cc(-c3ccccc3)nn12. The first-order chi connectivity index (χ1) is 14.0. The van der Waals surface area contributed by atoms with E-state index in [-0.39, 0.29) is 5.91 Å². The van der Waals surface area contributed by atoms with E-state index in [1.54, 1.807) is 22.7 Å². The normalized spacial score (nSPS) is 11.0. The van der Waals surface area contributed by atoms with Gasteiger partial charge in [-0.15, -0.1) is 0 Å². The maximum Gasteiger partial charge on any atom is 0.270 e. The van der Waals surface area contributed by atoms with Gasteiger partial charge in [0, 0.05) is 33.9 Å². The van der Waals surface area contributed by atoms with Crippen molar-refractivity contribution in [1.82, 2.24) is 19.9 Å². The number of nitrogens with zero attached hydrogens (tertiary/aromatic N) is 3. The van der Waals surface area contributed by atoms with E-state index >= 15 is 0 Å². The quantitative estimate of drug-likeness (QED) is 0.491. The van der Waals surface area contributed by atoms with Gasteiger partial charge in [-0.05, 0) is 37.1 Å². The predicted molar refractivity (Wildman–Crippen MR) is 116 cm³/mol. The van der Waals surface area contributed by atoms with Crippen molar-refractivity contribution >= 4 is 34.8 Å². The highest BCUT2D eigenvalue weighted by Crippen LogP contribution is 2.21. The molecule has 2 heterocycles. The van der Waals surface area contributed by atoms with Gasteiger partial charge in [-0.1, -0.05) is 59.6 Å². The lowest BCUT2D eigenvalue weighted by Crippen LogP contribution is -2.27. The second-order valence-corrected chi connectivity index (χ2v) is 7.53. The van der Waals surface area contributed by atoms with Gasteiger partial charge in [0.05, 0.1) is 5.69 Å². The first kappa shape index (κ1) is 19.4. The zero-order chi connectivity index (χ0) is 20.4. The van der Waals surface area contributed by atoms with E-state index in [0.717, 1.165) is 22.5 Å². The van der Waals surface area contributed by atoms with Gasteiger partial charge in [0.1, 0.15) is 5.69 Å². The Morgan fingerprint density at radius 1 is 1.07 bits per heavy atom. The van der Waals surface area contributed by atoms with Gasteiger partial charge in [0.25, 0.3) is 5.91 Å². The highest BCUT2D eigenvalue weighted by molar-refractivity contribution is 6.35. The monoisotopic (exact) mass is 424 g/mol. The van der Waals surface area contributed by atoms with E-state index < -0.39 is 0 Å². The fourth-order valence-electron chi connectivity index (χ4n) is 3.12. The predicted octanol–water partition coefficient (Wildman–Crippen LogP) is 4.98. The number of hydrogen-bond acceptors (Lipinski definition) is 3. The fraction of sp³-hybridized carbons (Fsp3) is 0.136. The van der Waals surface area contributed by atoms with Gasteiger partial charge < -0.3 is 5.32 Å². The molecule has 5 nitrogen and oxygen atoms in total. The van der Waals surface area contributed by atoms with Crippen LogP contribution in [0.15, 0.2) is 60.7 Å². The number of nitrogens with one attached hydrogen (secondary N) is 1. The molecule has 0 atom stereocenters. The van der Waals surface area contributed by atoms with Crippen LogP contribution in [0.4, 0.5) is 0 Å². The molecule has 4 rings (SSSR count). The molecule has 2 aromatic heterocycles. The summed E-state index contributed by atoms with van der Waals surface area (Å²) in [6, 6.07) is 18.8. The van der Waals surface area contributed by atoms with E-state index in [4.69, 9.17) is 23.2 Å². The van der Waals surface area contributed by atoms with Crippen LogP contribution in [-0.4, -0.2) is 27.0 Å². The summed E-state index contributed by atoms with van der Waals surface area (Å²) in [5.41, 5.74) is 4.58. The van der Waals surface area contributed by atoms with E-state index in [1.165, 1.54) is 0 Å². The van der Waals surface area contributed by atoms with E-state index in [1.807, 2.05) is 49.4 Å². The maximum atomic E-state index is 12.6. The van der Waals surface area contributed by atoms with E-state index in [2.05, 4.69) is 15.4 Å². The standard InChI is InChI=1S/C22H18Cl2N4O/c1-14-11-20(22(29)25-10-9-15-7-8-17(23)12-18(15)24)26-21-13-19(27-28(14)21)16-5-3-2-4-6-16/h2-8,11-13H,9-10H2,1H3,(H,25,29). The van der Waals surface area contributed by atoms with Crippen LogP contribution in [0.25, 0.3) is 16.9 Å². The van der Waals surface area contributed by atoms with Gasteiger partial charge in [-0.2, -0.15) is 5.10 Å². The highest BCUT2D eigenvalue weighted by atomic mass is 35.5. The molecule has 0 aliphatic rings. The minimum Gasteiger partial charge on any atom is -0.350 e. The number of amides is 1. The van der Waals surface area contributed by atoms with Crippen LogP contribution in [0.5, 0.6) is 0 Å². The molecule has 2 aromatic carbocycles. The summed E-state index contributed by atoms with van der Waals surface area (Å²) in [5.74, 6) is -0.233. The number of aryl methyl sites for hydroxylation is 1. The Bertz CT molecular complexity index is 1190. The van der Waals surface area contributed by atoms with Crippen molar-refractivity contribution in [3.63, 3.8) is 0 Å². The number of hydrogen-bond donors (Lipinski definition) is 1. The van der Waals surface area contributed by atoms with Crippen LogP contribution in [-0.2, 0) is 6.42 Å². The molecule has 7 heteroatoms. The van der Waals surface area contributed by atoms with Crippen LogP contribution >= 0.6 is 23.2 Å². The smallest absolute Gasteiger partial charge is 0.270 e. The Hall–Kier alpha value is -2.89. The summed E-state index contributed by atoms with van der Waals surface area (Å²) >= 11 is 12.1. The number of aromatic nitrogens is 3. The van der Waals surface area contributed by atoms with Crippen molar-refractivity contribution in [3.05, 3.63) is 87.7 Å². The van der Waals surface area contributed by atoms with Crippen molar-refractivity contribution in [2.45, 2.75) is 13.3 Å². The molecule has 29 heavy (non-hydrogen) atoms. The zero-order valence-corrected chi connectivity index (χ0v) is 17.2. The Labute approximate surface area is 178 Å². The first-order valence-electron chi connectivity index (χ1n) is 9.16. The average Bonchev–Trinajstić information content (AvgIpc) is 3.15. The second kappa shape index (κ2) is 8.23. The molecular formula is C22H18Cl2N4O. The molecule has 0 saturated carbocycles. The second-order valence-electron chi connectivity index (χ2n) is 6.69. The van der Waals surface area contributed by atoms with Gasteiger partial charge in [-0.3, -0.25) is 4.79 Å². The number of halogens is 2. The van der Waals surface area contributed by atoms with Crippen LogP contribution in [0, 0.1) is 6.92 Å². The Balaban J connectivity index is 1.50. The third-order valence-electron chi connectivity index (χ3n) is 4.60. The van der Waals surface area contributed by atoms with Crippen molar-refractivity contribution in [3.8, 4) is 11.3 Å². The molecule has 0 spiro atoms. The van der Waals surface area contributed by atoms with Crippen molar-refractivity contribution < 1.29 is 4.79 Å². The molecular weight excluding hydrogens is 407 g/mol. The summed E-state index contributed by atoms with van der Waals surface area (Å²) in [6.45, 7) is 2.35. The van der Waals surface area contributed by atoms with Gasteiger partial charge in [-0.25, -0.2) is 9.50 Å². The molecule has 0 fully saturated rings. The third kappa shape index (κ3) is 4.26. The van der Waals surface area contributed by atoms with E-state index in [0.29, 0.717) is 34.4 Å². The van der Waals surface area contributed by atoms with Gasteiger partial charge in [0.15, 0.2) is 5.65 Å². The lowest BCUT2D eigenvalue weighted by Gasteiger charge is -2.08. The van der Waals surface area contributed by atoms with Gasteiger partial charge in [0.2, 0.25) is 0 Å². The van der Waals surface area contributed by atoms with Crippen LogP contribution in [0.2, 0.25) is 10.0 Å². The zero-order valence-electron chi connectivity index (χ0n) is 15.7. The first-order valence-corrected chi connectivity index (χ1v) is 9.92. The highest BCUT2D eigenvalue weighted by Gasteiger charge is 2.13. The molecule has 0 radical (unpaired) electrons. The number of rotatable bonds is 5.